The number of carboxylic acids is 1. The van der Waals surface area contributed by atoms with Crippen LogP contribution in [0.2, 0.25) is 0 Å². The molecule has 0 saturated carbocycles. The molecule has 0 aliphatic carbocycles. The molecule has 1 aromatic carbocycles. The van der Waals surface area contributed by atoms with E-state index < -0.39 is 5.97 Å². The van der Waals surface area contributed by atoms with Gasteiger partial charge in [-0.05, 0) is 30.2 Å². The summed E-state index contributed by atoms with van der Waals surface area (Å²) < 4.78 is 0. The van der Waals surface area contributed by atoms with E-state index in [9.17, 15) is 4.79 Å². The molecule has 0 fully saturated rings. The van der Waals surface area contributed by atoms with E-state index >= 15 is 0 Å². The average Bonchev–Trinajstić information content (AvgIpc) is 2.64. The monoisotopic (exact) mass is 272 g/mol. The molecule has 2 rings (SSSR count). The fourth-order valence-corrected chi connectivity index (χ4v) is 2.90. The number of nitrogens with zero attached hydrogens (tertiary/aromatic N) is 1. The van der Waals surface area contributed by atoms with E-state index in [0.717, 1.165) is 16.0 Å². The molecule has 0 aliphatic heterocycles. The highest BCUT2D eigenvalue weighted by atomic mass is 32.1. The Balaban J connectivity index is 2.27. The van der Waals surface area contributed by atoms with E-state index in [-0.39, 0.29) is 5.56 Å². The van der Waals surface area contributed by atoms with Gasteiger partial charge in [0.25, 0.3) is 0 Å². The molecule has 3 N–H and O–H groups in total. The fourth-order valence-electron chi connectivity index (χ4n) is 1.84. The van der Waals surface area contributed by atoms with Gasteiger partial charge < -0.3 is 10.8 Å². The molecule has 5 heteroatoms. The van der Waals surface area contributed by atoms with Gasteiger partial charge in [-0.3, -0.25) is 0 Å². The molecule has 1 heterocycles. The number of nitrogen functional groups attached to an aromatic ring is 1. The number of aromatic carboxylic acids is 1. The van der Waals surface area contributed by atoms with Gasteiger partial charge >= 0.3 is 5.97 Å². The number of carboxylic acid groups (broad SMARTS) is 1. The van der Waals surface area contributed by atoms with E-state index in [1.165, 1.54) is 11.3 Å². The Labute approximate surface area is 114 Å². The number of anilines is 1. The maximum atomic E-state index is 10.8. The summed E-state index contributed by atoms with van der Waals surface area (Å²) in [5.74, 6) is -0.935. The first-order valence-electron chi connectivity index (χ1n) is 5.63. The largest absolute Gasteiger partial charge is 0.478 e. The SMILES string of the molecule is Cc1c(Cc2ccc(C(=O)O)cc2)sc(N)c1C#N. The predicted octanol–water partition coefficient (Wildman–Crippen LogP) is 2.80. The van der Waals surface area contributed by atoms with Crippen LogP contribution in [0.25, 0.3) is 0 Å². The summed E-state index contributed by atoms with van der Waals surface area (Å²) in [5, 5.41) is 18.4. The van der Waals surface area contributed by atoms with Gasteiger partial charge in [-0.15, -0.1) is 11.3 Å². The van der Waals surface area contributed by atoms with Gasteiger partial charge in [0.1, 0.15) is 11.1 Å². The van der Waals surface area contributed by atoms with Gasteiger partial charge in [0, 0.05) is 11.3 Å². The predicted molar refractivity (Wildman–Crippen MR) is 74.4 cm³/mol. The number of hydrogen-bond acceptors (Lipinski definition) is 4. The van der Waals surface area contributed by atoms with E-state index in [1.807, 2.05) is 6.92 Å². The minimum absolute atomic E-state index is 0.267. The van der Waals surface area contributed by atoms with Crippen LogP contribution in [0.4, 0.5) is 5.00 Å². The van der Waals surface area contributed by atoms with Crippen LogP contribution in [0.15, 0.2) is 24.3 Å². The number of rotatable bonds is 3. The molecule has 96 valence electrons. The van der Waals surface area contributed by atoms with Crippen LogP contribution < -0.4 is 5.73 Å². The Morgan fingerprint density at radius 3 is 2.53 bits per heavy atom. The highest BCUT2D eigenvalue weighted by Gasteiger charge is 2.13. The Morgan fingerprint density at radius 1 is 1.42 bits per heavy atom. The molecule has 0 radical (unpaired) electrons. The molecular formula is C14H12N2O2S. The van der Waals surface area contributed by atoms with Gasteiger partial charge in [0.05, 0.1) is 11.1 Å². The van der Waals surface area contributed by atoms with E-state index in [4.69, 9.17) is 16.1 Å². The highest BCUT2D eigenvalue weighted by Crippen LogP contribution is 2.31. The fraction of sp³-hybridized carbons (Fsp3) is 0.143. The maximum absolute atomic E-state index is 10.8. The molecule has 1 aromatic heterocycles. The first-order valence-corrected chi connectivity index (χ1v) is 6.44. The van der Waals surface area contributed by atoms with E-state index in [0.29, 0.717) is 17.0 Å². The number of carbonyl (C=O) groups is 1. The van der Waals surface area contributed by atoms with Crippen molar-refractivity contribution < 1.29 is 9.90 Å². The Hall–Kier alpha value is -2.32. The van der Waals surface area contributed by atoms with Crippen molar-refractivity contribution in [2.75, 3.05) is 5.73 Å². The van der Waals surface area contributed by atoms with Gasteiger partial charge in [-0.25, -0.2) is 4.79 Å². The highest BCUT2D eigenvalue weighted by molar-refractivity contribution is 7.16. The lowest BCUT2D eigenvalue weighted by Gasteiger charge is -2.01. The third-order valence-electron chi connectivity index (χ3n) is 2.95. The Bertz CT molecular complexity index is 666. The number of thiophene rings is 1. The zero-order valence-corrected chi connectivity index (χ0v) is 11.1. The molecule has 19 heavy (non-hydrogen) atoms. The number of benzene rings is 1. The maximum Gasteiger partial charge on any atom is 0.335 e. The van der Waals surface area contributed by atoms with Crippen molar-refractivity contribution in [2.24, 2.45) is 0 Å². The summed E-state index contributed by atoms with van der Waals surface area (Å²) in [6.45, 7) is 1.88. The third-order valence-corrected chi connectivity index (χ3v) is 4.07. The second kappa shape index (κ2) is 5.12. The van der Waals surface area contributed by atoms with Gasteiger partial charge in [0.15, 0.2) is 0 Å². The summed E-state index contributed by atoms with van der Waals surface area (Å²) >= 11 is 1.41. The molecule has 2 aromatic rings. The minimum Gasteiger partial charge on any atom is -0.478 e. The van der Waals surface area contributed by atoms with Crippen molar-refractivity contribution in [3.05, 3.63) is 51.4 Å². The van der Waals surface area contributed by atoms with Crippen LogP contribution in [0.5, 0.6) is 0 Å². The smallest absolute Gasteiger partial charge is 0.335 e. The van der Waals surface area contributed by atoms with Crippen molar-refractivity contribution in [3.63, 3.8) is 0 Å². The first-order chi connectivity index (χ1) is 9.02. The van der Waals surface area contributed by atoms with Crippen molar-refractivity contribution in [2.45, 2.75) is 13.3 Å². The second-order valence-electron chi connectivity index (χ2n) is 4.18. The summed E-state index contributed by atoms with van der Waals surface area (Å²) in [4.78, 5) is 11.8. The zero-order chi connectivity index (χ0) is 14.0. The first kappa shape index (κ1) is 13.1. The summed E-state index contributed by atoms with van der Waals surface area (Å²) in [7, 11) is 0. The van der Waals surface area contributed by atoms with E-state index in [1.54, 1.807) is 24.3 Å². The van der Waals surface area contributed by atoms with Crippen molar-refractivity contribution in [3.8, 4) is 6.07 Å². The molecule has 0 unspecified atom stereocenters. The van der Waals surface area contributed by atoms with Crippen LogP contribution >= 0.6 is 11.3 Å². The van der Waals surface area contributed by atoms with Crippen LogP contribution in [-0.4, -0.2) is 11.1 Å². The molecule has 0 aliphatic rings. The molecule has 0 atom stereocenters. The zero-order valence-electron chi connectivity index (χ0n) is 10.3. The molecule has 0 amide bonds. The van der Waals surface area contributed by atoms with Gasteiger partial charge in [0.2, 0.25) is 0 Å². The van der Waals surface area contributed by atoms with Crippen molar-refractivity contribution in [1.29, 1.82) is 5.26 Å². The average molecular weight is 272 g/mol. The van der Waals surface area contributed by atoms with Crippen LogP contribution in [-0.2, 0) is 6.42 Å². The topological polar surface area (TPSA) is 87.1 Å². The van der Waals surface area contributed by atoms with Crippen LogP contribution in [0.3, 0.4) is 0 Å². The van der Waals surface area contributed by atoms with Crippen molar-refractivity contribution in [1.82, 2.24) is 0 Å². The Kier molecular flexibility index (Phi) is 3.54. The lowest BCUT2D eigenvalue weighted by atomic mass is 10.1. The number of nitrogens with two attached hydrogens (primary N) is 1. The molecule has 4 nitrogen and oxygen atoms in total. The summed E-state index contributed by atoms with van der Waals surface area (Å²) in [5.41, 5.74) is 8.51. The summed E-state index contributed by atoms with van der Waals surface area (Å²) in [6, 6.07) is 8.82. The normalized spacial score (nSPS) is 10.1. The molecular weight excluding hydrogens is 260 g/mol. The number of hydrogen-bond donors (Lipinski definition) is 2. The second-order valence-corrected chi connectivity index (χ2v) is 5.32. The van der Waals surface area contributed by atoms with Crippen LogP contribution in [0, 0.1) is 18.3 Å². The van der Waals surface area contributed by atoms with E-state index in [2.05, 4.69) is 6.07 Å². The quantitative estimate of drug-likeness (QED) is 0.899. The van der Waals surface area contributed by atoms with Crippen molar-refractivity contribution >= 4 is 22.3 Å². The van der Waals surface area contributed by atoms with Gasteiger partial charge in [-0.1, -0.05) is 12.1 Å². The molecule has 0 bridgehead atoms. The summed E-state index contributed by atoms with van der Waals surface area (Å²) in [6.07, 6.45) is 0.655. The lowest BCUT2D eigenvalue weighted by Crippen LogP contribution is -1.96. The van der Waals surface area contributed by atoms with Gasteiger partial charge in [-0.2, -0.15) is 5.26 Å². The lowest BCUT2D eigenvalue weighted by molar-refractivity contribution is 0.0697. The Morgan fingerprint density at radius 2 is 2.05 bits per heavy atom. The third kappa shape index (κ3) is 2.59. The molecule has 0 spiro atoms. The standard InChI is InChI=1S/C14H12N2O2S/c1-8-11(7-15)13(16)19-12(8)6-9-2-4-10(5-3-9)14(17)18/h2-5H,6,16H2,1H3,(H,17,18). The minimum atomic E-state index is -0.935. The van der Waals surface area contributed by atoms with Crippen LogP contribution in [0.1, 0.15) is 31.9 Å². The number of nitriles is 1. The molecule has 0 saturated heterocycles.